The van der Waals surface area contributed by atoms with Gasteiger partial charge in [-0.2, -0.15) is 0 Å². The molecule has 0 radical (unpaired) electrons. The molecule has 1 aromatic carbocycles. The van der Waals surface area contributed by atoms with E-state index in [1.807, 2.05) is 0 Å². The maximum atomic E-state index is 10.5. The third-order valence-electron chi connectivity index (χ3n) is 2.37. The van der Waals surface area contributed by atoms with Crippen LogP contribution in [-0.2, 0) is 6.42 Å². The van der Waals surface area contributed by atoms with E-state index in [0.717, 1.165) is 16.9 Å². The van der Waals surface area contributed by atoms with Crippen molar-refractivity contribution in [1.29, 1.82) is 0 Å². The second kappa shape index (κ2) is 4.45. The highest BCUT2D eigenvalue weighted by atomic mass is 32.1. The van der Waals surface area contributed by atoms with Crippen molar-refractivity contribution >= 4 is 17.0 Å². The molecule has 0 amide bonds. The summed E-state index contributed by atoms with van der Waals surface area (Å²) in [6.45, 7) is 2.12. The van der Waals surface area contributed by atoms with Crippen LogP contribution in [0.1, 0.15) is 11.8 Å². The Hall–Kier alpha value is -1.68. The van der Waals surface area contributed by atoms with Crippen LogP contribution in [0.2, 0.25) is 0 Å². The Labute approximate surface area is 97.5 Å². The first-order chi connectivity index (χ1) is 7.70. The van der Waals surface area contributed by atoms with Crippen LogP contribution in [0.25, 0.3) is 10.4 Å². The number of aryl methyl sites for hydroxylation is 1. The van der Waals surface area contributed by atoms with Crippen LogP contribution in [0.5, 0.6) is 0 Å². The van der Waals surface area contributed by atoms with Gasteiger partial charge < -0.3 is 0 Å². The van der Waals surface area contributed by atoms with Gasteiger partial charge in [0.1, 0.15) is 0 Å². The zero-order valence-electron chi connectivity index (χ0n) is 8.84. The standard InChI is InChI=1S/C12H11NO2S/c1-2-11-7-8-12(16-11)9-3-5-10(6-4-9)13(14)15/h3-8H,2H2,1H3. The van der Waals surface area contributed by atoms with Crippen molar-refractivity contribution in [1.82, 2.24) is 0 Å². The zero-order chi connectivity index (χ0) is 11.5. The van der Waals surface area contributed by atoms with Crippen molar-refractivity contribution in [2.45, 2.75) is 13.3 Å². The molecule has 2 rings (SSSR count). The number of hydrogen-bond donors (Lipinski definition) is 0. The maximum Gasteiger partial charge on any atom is 0.269 e. The van der Waals surface area contributed by atoms with Crippen LogP contribution in [0.4, 0.5) is 5.69 Å². The molecule has 0 saturated heterocycles. The Balaban J connectivity index is 2.30. The van der Waals surface area contributed by atoms with Gasteiger partial charge in [0.25, 0.3) is 5.69 Å². The predicted octanol–water partition coefficient (Wildman–Crippen LogP) is 3.89. The van der Waals surface area contributed by atoms with Crippen molar-refractivity contribution in [3.63, 3.8) is 0 Å². The number of thiophene rings is 1. The second-order valence-electron chi connectivity index (χ2n) is 3.42. The molecule has 1 aromatic heterocycles. The average molecular weight is 233 g/mol. The largest absolute Gasteiger partial charge is 0.269 e. The minimum Gasteiger partial charge on any atom is -0.258 e. The number of hydrogen-bond acceptors (Lipinski definition) is 3. The van der Waals surface area contributed by atoms with Gasteiger partial charge in [-0.1, -0.05) is 6.92 Å². The van der Waals surface area contributed by atoms with Crippen LogP contribution in [-0.4, -0.2) is 4.92 Å². The van der Waals surface area contributed by atoms with E-state index in [-0.39, 0.29) is 10.6 Å². The number of nitro benzene ring substituents is 1. The van der Waals surface area contributed by atoms with Crippen molar-refractivity contribution in [2.24, 2.45) is 0 Å². The molecule has 3 nitrogen and oxygen atoms in total. The minimum absolute atomic E-state index is 0.135. The third kappa shape index (κ3) is 2.12. The van der Waals surface area contributed by atoms with E-state index in [2.05, 4.69) is 19.1 Å². The molecule has 0 fully saturated rings. The first-order valence-corrected chi connectivity index (χ1v) is 5.86. The molecule has 82 valence electrons. The smallest absolute Gasteiger partial charge is 0.258 e. The van der Waals surface area contributed by atoms with Gasteiger partial charge in [0.05, 0.1) is 4.92 Å². The van der Waals surface area contributed by atoms with Gasteiger partial charge in [-0.15, -0.1) is 11.3 Å². The lowest BCUT2D eigenvalue weighted by Crippen LogP contribution is -1.86. The molecule has 0 N–H and O–H groups in total. The fourth-order valence-electron chi connectivity index (χ4n) is 1.47. The summed E-state index contributed by atoms with van der Waals surface area (Å²) >= 11 is 1.73. The summed E-state index contributed by atoms with van der Waals surface area (Å²) in [6.07, 6.45) is 1.03. The van der Waals surface area contributed by atoms with Gasteiger partial charge in [0, 0.05) is 21.9 Å². The quantitative estimate of drug-likeness (QED) is 0.596. The normalized spacial score (nSPS) is 10.3. The van der Waals surface area contributed by atoms with Crippen molar-refractivity contribution in [3.05, 3.63) is 51.4 Å². The van der Waals surface area contributed by atoms with E-state index in [0.29, 0.717) is 0 Å². The molecule has 0 atom stereocenters. The van der Waals surface area contributed by atoms with Crippen LogP contribution in [0.15, 0.2) is 36.4 Å². The number of benzene rings is 1. The Morgan fingerprint density at radius 3 is 2.38 bits per heavy atom. The zero-order valence-corrected chi connectivity index (χ0v) is 9.66. The summed E-state index contributed by atoms with van der Waals surface area (Å²) in [4.78, 5) is 12.6. The summed E-state index contributed by atoms with van der Waals surface area (Å²) in [7, 11) is 0. The molecule has 16 heavy (non-hydrogen) atoms. The monoisotopic (exact) mass is 233 g/mol. The van der Waals surface area contributed by atoms with Gasteiger partial charge in [-0.3, -0.25) is 10.1 Å². The van der Waals surface area contributed by atoms with Crippen molar-refractivity contribution in [3.8, 4) is 10.4 Å². The van der Waals surface area contributed by atoms with E-state index in [1.54, 1.807) is 35.6 Å². The predicted molar refractivity (Wildman–Crippen MR) is 65.8 cm³/mol. The van der Waals surface area contributed by atoms with E-state index in [4.69, 9.17) is 0 Å². The lowest BCUT2D eigenvalue weighted by atomic mass is 10.2. The number of nitro groups is 1. The van der Waals surface area contributed by atoms with Gasteiger partial charge in [-0.05, 0) is 36.2 Å². The van der Waals surface area contributed by atoms with E-state index in [1.165, 1.54) is 4.88 Å². The fraction of sp³-hybridized carbons (Fsp3) is 0.167. The van der Waals surface area contributed by atoms with Gasteiger partial charge in [-0.25, -0.2) is 0 Å². The van der Waals surface area contributed by atoms with E-state index >= 15 is 0 Å². The topological polar surface area (TPSA) is 43.1 Å². The van der Waals surface area contributed by atoms with Crippen LogP contribution in [0, 0.1) is 10.1 Å². The summed E-state index contributed by atoms with van der Waals surface area (Å²) < 4.78 is 0. The Morgan fingerprint density at radius 2 is 1.88 bits per heavy atom. The first kappa shape index (κ1) is 10.8. The highest BCUT2D eigenvalue weighted by molar-refractivity contribution is 7.15. The third-order valence-corrected chi connectivity index (χ3v) is 3.65. The minimum atomic E-state index is -0.379. The molecule has 4 heteroatoms. The number of nitrogens with zero attached hydrogens (tertiary/aromatic N) is 1. The average Bonchev–Trinajstić information content (AvgIpc) is 2.77. The molecule has 0 aliphatic heterocycles. The second-order valence-corrected chi connectivity index (χ2v) is 4.59. The molecule has 0 bridgehead atoms. The van der Waals surface area contributed by atoms with E-state index < -0.39 is 0 Å². The summed E-state index contributed by atoms with van der Waals surface area (Å²) in [5.74, 6) is 0. The Morgan fingerprint density at radius 1 is 1.19 bits per heavy atom. The van der Waals surface area contributed by atoms with Crippen LogP contribution >= 0.6 is 11.3 Å². The lowest BCUT2D eigenvalue weighted by Gasteiger charge is -1.96. The number of non-ortho nitro benzene ring substituents is 1. The SMILES string of the molecule is CCc1ccc(-c2ccc([N+](=O)[O-])cc2)s1. The highest BCUT2D eigenvalue weighted by Crippen LogP contribution is 2.29. The van der Waals surface area contributed by atoms with Crippen LogP contribution in [0.3, 0.4) is 0 Å². The van der Waals surface area contributed by atoms with Gasteiger partial charge in [0.15, 0.2) is 0 Å². The Bertz CT molecular complexity index is 502. The molecular formula is C12H11NO2S. The highest BCUT2D eigenvalue weighted by Gasteiger charge is 2.06. The fourth-order valence-corrected chi connectivity index (χ4v) is 2.42. The van der Waals surface area contributed by atoms with Crippen molar-refractivity contribution in [2.75, 3.05) is 0 Å². The molecular weight excluding hydrogens is 222 g/mol. The summed E-state index contributed by atoms with van der Waals surface area (Å²) in [5, 5.41) is 10.5. The van der Waals surface area contributed by atoms with E-state index in [9.17, 15) is 10.1 Å². The Kier molecular flexibility index (Phi) is 3.01. The van der Waals surface area contributed by atoms with Gasteiger partial charge >= 0.3 is 0 Å². The first-order valence-electron chi connectivity index (χ1n) is 5.04. The molecule has 0 spiro atoms. The molecule has 0 unspecified atom stereocenters. The van der Waals surface area contributed by atoms with Crippen molar-refractivity contribution < 1.29 is 4.92 Å². The number of rotatable bonds is 3. The molecule has 0 saturated carbocycles. The molecule has 2 aromatic rings. The summed E-state index contributed by atoms with van der Waals surface area (Å²) in [6, 6.07) is 10.8. The molecule has 0 aliphatic carbocycles. The maximum absolute atomic E-state index is 10.5. The molecule has 0 aliphatic rings. The van der Waals surface area contributed by atoms with Crippen LogP contribution < -0.4 is 0 Å². The molecule has 1 heterocycles. The summed E-state index contributed by atoms with van der Waals surface area (Å²) in [5.41, 5.74) is 1.17. The van der Waals surface area contributed by atoms with Gasteiger partial charge in [0.2, 0.25) is 0 Å². The lowest BCUT2D eigenvalue weighted by molar-refractivity contribution is -0.384.